The highest BCUT2D eigenvalue weighted by atomic mass is 16.2. The minimum Gasteiger partial charge on any atom is -0.347 e. The summed E-state index contributed by atoms with van der Waals surface area (Å²) in [6.07, 6.45) is 1.59. The summed E-state index contributed by atoms with van der Waals surface area (Å²) in [5.74, 6) is -0.573. The van der Waals surface area contributed by atoms with Gasteiger partial charge in [0, 0.05) is 5.92 Å². The third-order valence-electron chi connectivity index (χ3n) is 4.91. The van der Waals surface area contributed by atoms with E-state index in [2.05, 4.69) is 10.6 Å². The average Bonchev–Trinajstić information content (AvgIpc) is 2.82. The second-order valence-electron chi connectivity index (χ2n) is 6.84. The number of rotatable bonds is 4. The number of amides is 2. The van der Waals surface area contributed by atoms with Gasteiger partial charge in [-0.2, -0.15) is 0 Å². The van der Waals surface area contributed by atoms with Crippen molar-refractivity contribution in [1.29, 1.82) is 0 Å². The molecule has 4 N–H and O–H groups in total. The molecule has 1 fully saturated rings. The zero-order valence-electron chi connectivity index (χ0n) is 14.9. The van der Waals surface area contributed by atoms with Crippen LogP contribution in [0.2, 0.25) is 0 Å². The lowest BCUT2D eigenvalue weighted by molar-refractivity contribution is -0.130. The molecule has 26 heavy (non-hydrogen) atoms. The molecule has 4 atom stereocenters. The molecule has 1 saturated heterocycles. The van der Waals surface area contributed by atoms with Gasteiger partial charge in [-0.15, -0.1) is 0 Å². The smallest absolute Gasteiger partial charge is 0.243 e. The van der Waals surface area contributed by atoms with Crippen LogP contribution in [-0.2, 0) is 9.59 Å². The Labute approximate surface area is 154 Å². The molecule has 0 saturated carbocycles. The van der Waals surface area contributed by atoms with Crippen LogP contribution in [0.15, 0.2) is 60.7 Å². The molecular weight excluding hydrogens is 326 g/mol. The first-order valence-electron chi connectivity index (χ1n) is 9.02. The third-order valence-corrected chi connectivity index (χ3v) is 4.91. The van der Waals surface area contributed by atoms with Crippen LogP contribution in [0.4, 0.5) is 0 Å². The maximum atomic E-state index is 13.0. The predicted molar refractivity (Wildman–Crippen MR) is 101 cm³/mol. The molecule has 5 heteroatoms. The van der Waals surface area contributed by atoms with Crippen LogP contribution in [0.25, 0.3) is 0 Å². The molecule has 0 aromatic heterocycles. The zero-order valence-corrected chi connectivity index (χ0v) is 14.9. The van der Waals surface area contributed by atoms with Crippen molar-refractivity contribution in [3.63, 3.8) is 0 Å². The van der Waals surface area contributed by atoms with E-state index in [-0.39, 0.29) is 23.8 Å². The quantitative estimate of drug-likeness (QED) is 0.790. The van der Waals surface area contributed by atoms with Crippen LogP contribution in [0.1, 0.15) is 42.9 Å². The molecule has 0 bridgehead atoms. The van der Waals surface area contributed by atoms with Gasteiger partial charge in [0.05, 0.1) is 12.1 Å². The first kappa shape index (κ1) is 18.1. The molecule has 2 amide bonds. The van der Waals surface area contributed by atoms with Gasteiger partial charge < -0.3 is 16.4 Å². The highest BCUT2D eigenvalue weighted by molar-refractivity contribution is 5.90. The van der Waals surface area contributed by atoms with E-state index in [0.29, 0.717) is 0 Å². The van der Waals surface area contributed by atoms with Crippen LogP contribution in [-0.4, -0.2) is 23.9 Å². The fourth-order valence-corrected chi connectivity index (χ4v) is 3.47. The third kappa shape index (κ3) is 4.11. The summed E-state index contributed by atoms with van der Waals surface area (Å²) >= 11 is 0. The van der Waals surface area contributed by atoms with E-state index in [1.54, 1.807) is 6.92 Å². The Hall–Kier alpha value is -2.66. The SMILES string of the molecule is C[C@H](N)C(=O)N[C@@H]1C(=O)N[C@H](c2ccccc2)CC[C@H]1c1ccccc1. The van der Waals surface area contributed by atoms with Crippen LogP contribution < -0.4 is 16.4 Å². The van der Waals surface area contributed by atoms with Gasteiger partial charge in [-0.3, -0.25) is 9.59 Å². The molecule has 0 radical (unpaired) electrons. The second-order valence-corrected chi connectivity index (χ2v) is 6.84. The lowest BCUT2D eigenvalue weighted by Gasteiger charge is -2.25. The summed E-state index contributed by atoms with van der Waals surface area (Å²) in [4.78, 5) is 25.2. The van der Waals surface area contributed by atoms with E-state index in [1.807, 2.05) is 60.7 Å². The minimum absolute atomic E-state index is 0.0629. The maximum Gasteiger partial charge on any atom is 0.243 e. The van der Waals surface area contributed by atoms with E-state index >= 15 is 0 Å². The molecule has 3 rings (SSSR count). The summed E-state index contributed by atoms with van der Waals surface area (Å²) in [7, 11) is 0. The van der Waals surface area contributed by atoms with Crippen molar-refractivity contribution in [2.75, 3.05) is 0 Å². The Morgan fingerprint density at radius 1 is 1.04 bits per heavy atom. The van der Waals surface area contributed by atoms with E-state index < -0.39 is 12.1 Å². The first-order valence-corrected chi connectivity index (χ1v) is 9.02. The van der Waals surface area contributed by atoms with Crippen LogP contribution >= 0.6 is 0 Å². The largest absolute Gasteiger partial charge is 0.347 e. The monoisotopic (exact) mass is 351 g/mol. The molecule has 0 aliphatic carbocycles. The van der Waals surface area contributed by atoms with E-state index in [0.717, 1.165) is 24.0 Å². The van der Waals surface area contributed by atoms with Crippen molar-refractivity contribution in [2.24, 2.45) is 5.73 Å². The summed E-state index contributed by atoms with van der Waals surface area (Å²) in [6, 6.07) is 18.4. The van der Waals surface area contributed by atoms with Crippen molar-refractivity contribution < 1.29 is 9.59 Å². The van der Waals surface area contributed by atoms with Gasteiger partial charge in [0.25, 0.3) is 0 Å². The summed E-state index contributed by atoms with van der Waals surface area (Å²) in [6.45, 7) is 1.62. The topological polar surface area (TPSA) is 84.2 Å². The number of carbonyl (C=O) groups is 2. The lowest BCUT2D eigenvalue weighted by atomic mass is 9.86. The maximum absolute atomic E-state index is 13.0. The number of benzene rings is 2. The van der Waals surface area contributed by atoms with E-state index in [1.165, 1.54) is 0 Å². The number of hydrogen-bond acceptors (Lipinski definition) is 3. The first-order chi connectivity index (χ1) is 12.6. The van der Waals surface area contributed by atoms with Gasteiger partial charge in [0.15, 0.2) is 0 Å². The Morgan fingerprint density at radius 2 is 1.62 bits per heavy atom. The lowest BCUT2D eigenvalue weighted by Crippen LogP contribution is -2.52. The molecule has 1 aliphatic heterocycles. The Balaban J connectivity index is 1.90. The Bertz CT molecular complexity index is 746. The summed E-state index contributed by atoms with van der Waals surface area (Å²) in [5.41, 5.74) is 7.82. The fraction of sp³-hybridized carbons (Fsp3) is 0.333. The average molecular weight is 351 g/mol. The van der Waals surface area contributed by atoms with Crippen LogP contribution in [0.3, 0.4) is 0 Å². The Morgan fingerprint density at radius 3 is 2.19 bits per heavy atom. The van der Waals surface area contributed by atoms with Gasteiger partial charge in [0.2, 0.25) is 11.8 Å². The fourth-order valence-electron chi connectivity index (χ4n) is 3.47. The highest BCUT2D eigenvalue weighted by Gasteiger charge is 2.36. The van der Waals surface area contributed by atoms with Gasteiger partial charge in [0.1, 0.15) is 6.04 Å². The molecule has 1 aliphatic rings. The minimum atomic E-state index is -0.660. The van der Waals surface area contributed by atoms with Crippen molar-refractivity contribution in [3.8, 4) is 0 Å². The molecule has 0 unspecified atom stereocenters. The van der Waals surface area contributed by atoms with Gasteiger partial charge in [-0.25, -0.2) is 0 Å². The summed E-state index contributed by atoms with van der Waals surface area (Å²) in [5, 5.41) is 5.95. The van der Waals surface area contributed by atoms with E-state index in [9.17, 15) is 9.59 Å². The zero-order chi connectivity index (χ0) is 18.5. The molecular formula is C21H25N3O2. The molecule has 5 nitrogen and oxygen atoms in total. The number of carbonyl (C=O) groups excluding carboxylic acids is 2. The number of hydrogen-bond donors (Lipinski definition) is 3. The summed E-state index contributed by atoms with van der Waals surface area (Å²) < 4.78 is 0. The molecule has 2 aromatic carbocycles. The molecule has 0 spiro atoms. The molecule has 1 heterocycles. The molecule has 136 valence electrons. The van der Waals surface area contributed by atoms with Gasteiger partial charge in [-0.1, -0.05) is 60.7 Å². The normalized spacial score (nSPS) is 24.2. The number of nitrogens with two attached hydrogens (primary N) is 1. The number of nitrogens with one attached hydrogen (secondary N) is 2. The highest BCUT2D eigenvalue weighted by Crippen LogP contribution is 2.32. The van der Waals surface area contributed by atoms with Crippen molar-refractivity contribution in [1.82, 2.24) is 10.6 Å². The van der Waals surface area contributed by atoms with Crippen molar-refractivity contribution in [2.45, 2.75) is 43.8 Å². The van der Waals surface area contributed by atoms with Crippen LogP contribution in [0.5, 0.6) is 0 Å². The van der Waals surface area contributed by atoms with Crippen molar-refractivity contribution in [3.05, 3.63) is 71.8 Å². The molecule has 2 aromatic rings. The Kier molecular flexibility index (Phi) is 5.68. The second kappa shape index (κ2) is 8.15. The van der Waals surface area contributed by atoms with Gasteiger partial charge >= 0.3 is 0 Å². The standard InChI is InChI=1S/C21H25N3O2/c1-14(22)20(25)24-19-17(15-8-4-2-5-9-15)12-13-18(23-21(19)26)16-10-6-3-7-11-16/h2-11,14,17-19H,12-13,22H2,1H3,(H,23,26)(H,24,25)/t14-,17-,18-,19-/m0/s1. The van der Waals surface area contributed by atoms with Crippen LogP contribution in [0, 0.1) is 0 Å². The van der Waals surface area contributed by atoms with Crippen molar-refractivity contribution >= 4 is 11.8 Å². The van der Waals surface area contributed by atoms with E-state index in [4.69, 9.17) is 5.73 Å². The predicted octanol–water partition coefficient (Wildman–Crippen LogP) is 2.25. The van der Waals surface area contributed by atoms with Gasteiger partial charge in [-0.05, 0) is 30.9 Å².